The summed E-state index contributed by atoms with van der Waals surface area (Å²) >= 11 is 0. The Morgan fingerprint density at radius 2 is 1.92 bits per heavy atom. The molecule has 0 saturated heterocycles. The molecule has 1 aliphatic rings. The van der Waals surface area contributed by atoms with E-state index < -0.39 is 5.92 Å². The van der Waals surface area contributed by atoms with Crippen LogP contribution in [0.15, 0.2) is 66.2 Å². The van der Waals surface area contributed by atoms with Gasteiger partial charge in [-0.15, -0.1) is 0 Å². The molecular formula is C19H12FN3O. The first-order chi connectivity index (χ1) is 11.7. The summed E-state index contributed by atoms with van der Waals surface area (Å²) in [5.41, 5.74) is 8.54. The molecule has 0 spiro atoms. The monoisotopic (exact) mass is 317 g/mol. The van der Waals surface area contributed by atoms with E-state index in [4.69, 9.17) is 10.5 Å². The second kappa shape index (κ2) is 5.36. The molecular weight excluding hydrogens is 305 g/mol. The summed E-state index contributed by atoms with van der Waals surface area (Å²) in [5.74, 6) is -0.149. The summed E-state index contributed by atoms with van der Waals surface area (Å²) in [6.45, 7) is 0. The third-order valence-electron chi connectivity index (χ3n) is 4.16. The summed E-state index contributed by atoms with van der Waals surface area (Å²) in [4.78, 5) is 4.38. The van der Waals surface area contributed by atoms with Gasteiger partial charge in [0.15, 0.2) is 5.75 Å². The fourth-order valence-corrected chi connectivity index (χ4v) is 3.05. The second-order valence-corrected chi connectivity index (χ2v) is 5.54. The second-order valence-electron chi connectivity index (χ2n) is 5.54. The number of pyridine rings is 1. The van der Waals surface area contributed by atoms with Crippen LogP contribution in [-0.2, 0) is 0 Å². The topological polar surface area (TPSA) is 71.9 Å². The van der Waals surface area contributed by atoms with Crippen LogP contribution in [0.3, 0.4) is 0 Å². The number of halogens is 1. The quantitative estimate of drug-likeness (QED) is 0.744. The van der Waals surface area contributed by atoms with E-state index in [-0.39, 0.29) is 11.7 Å². The van der Waals surface area contributed by atoms with Crippen LogP contribution in [0.4, 0.5) is 4.39 Å². The average Bonchev–Trinajstić information content (AvgIpc) is 2.61. The van der Waals surface area contributed by atoms with E-state index in [0.29, 0.717) is 16.8 Å². The van der Waals surface area contributed by atoms with Crippen molar-refractivity contribution in [2.75, 3.05) is 0 Å². The maximum absolute atomic E-state index is 13.3. The largest absolute Gasteiger partial charge is 0.438 e. The molecule has 0 radical (unpaired) electrons. The normalized spacial score (nSPS) is 16.4. The Balaban J connectivity index is 2.00. The van der Waals surface area contributed by atoms with Gasteiger partial charge in [-0.25, -0.2) is 4.39 Å². The highest BCUT2D eigenvalue weighted by molar-refractivity contribution is 5.87. The van der Waals surface area contributed by atoms with Gasteiger partial charge in [-0.05, 0) is 23.8 Å². The van der Waals surface area contributed by atoms with Gasteiger partial charge in [0.25, 0.3) is 0 Å². The highest BCUT2D eigenvalue weighted by atomic mass is 19.1. The van der Waals surface area contributed by atoms with Crippen molar-refractivity contribution in [1.82, 2.24) is 4.98 Å². The van der Waals surface area contributed by atoms with Gasteiger partial charge in [0.05, 0.1) is 5.92 Å². The zero-order valence-electron chi connectivity index (χ0n) is 12.5. The summed E-state index contributed by atoms with van der Waals surface area (Å²) in [5, 5.41) is 10.4. The van der Waals surface area contributed by atoms with Crippen molar-refractivity contribution in [3.05, 3.63) is 83.1 Å². The number of hydrogen-bond acceptors (Lipinski definition) is 4. The van der Waals surface area contributed by atoms with Gasteiger partial charge in [-0.2, -0.15) is 5.26 Å². The zero-order valence-corrected chi connectivity index (χ0v) is 12.5. The van der Waals surface area contributed by atoms with E-state index in [1.54, 1.807) is 18.3 Å². The summed E-state index contributed by atoms with van der Waals surface area (Å²) < 4.78 is 19.0. The molecule has 2 N–H and O–H groups in total. The lowest BCUT2D eigenvalue weighted by molar-refractivity contribution is 0.397. The van der Waals surface area contributed by atoms with E-state index in [1.807, 2.05) is 24.3 Å². The fraction of sp³-hybridized carbons (Fsp3) is 0.0526. The van der Waals surface area contributed by atoms with Gasteiger partial charge in [-0.3, -0.25) is 4.98 Å². The molecule has 4 rings (SSSR count). The molecule has 0 amide bonds. The van der Waals surface area contributed by atoms with Crippen molar-refractivity contribution in [1.29, 1.82) is 5.26 Å². The lowest BCUT2D eigenvalue weighted by Gasteiger charge is -2.27. The van der Waals surface area contributed by atoms with Gasteiger partial charge in [0, 0.05) is 17.1 Å². The number of nitrogens with two attached hydrogens (primary N) is 1. The van der Waals surface area contributed by atoms with Crippen molar-refractivity contribution in [2.45, 2.75) is 5.92 Å². The predicted molar refractivity (Wildman–Crippen MR) is 87.4 cm³/mol. The third-order valence-corrected chi connectivity index (χ3v) is 4.16. The highest BCUT2D eigenvalue weighted by Crippen LogP contribution is 2.44. The number of benzene rings is 2. The smallest absolute Gasteiger partial charge is 0.205 e. The first-order valence-electron chi connectivity index (χ1n) is 7.39. The van der Waals surface area contributed by atoms with Gasteiger partial charge >= 0.3 is 0 Å². The molecule has 0 fully saturated rings. The van der Waals surface area contributed by atoms with Crippen LogP contribution in [0.1, 0.15) is 17.0 Å². The maximum Gasteiger partial charge on any atom is 0.205 e. The van der Waals surface area contributed by atoms with Crippen LogP contribution in [0.25, 0.3) is 10.9 Å². The summed E-state index contributed by atoms with van der Waals surface area (Å²) in [7, 11) is 0. The van der Waals surface area contributed by atoms with Crippen LogP contribution in [-0.4, -0.2) is 4.98 Å². The first kappa shape index (κ1) is 14.2. The van der Waals surface area contributed by atoms with E-state index in [2.05, 4.69) is 11.1 Å². The molecule has 3 aromatic rings. The van der Waals surface area contributed by atoms with Crippen LogP contribution >= 0.6 is 0 Å². The number of nitrogens with zero attached hydrogens (tertiary/aromatic N) is 2. The molecule has 0 bridgehead atoms. The van der Waals surface area contributed by atoms with E-state index in [9.17, 15) is 9.65 Å². The number of fused-ring (bicyclic) bond motifs is 3. The van der Waals surface area contributed by atoms with Crippen molar-refractivity contribution in [3.8, 4) is 11.8 Å². The Kier molecular flexibility index (Phi) is 3.17. The Hall–Kier alpha value is -3.39. The minimum Gasteiger partial charge on any atom is -0.438 e. The zero-order chi connectivity index (χ0) is 16.7. The predicted octanol–water partition coefficient (Wildman–Crippen LogP) is 3.59. The van der Waals surface area contributed by atoms with Gasteiger partial charge in [-0.1, -0.05) is 30.3 Å². The minimum absolute atomic E-state index is 0.0532. The van der Waals surface area contributed by atoms with Crippen molar-refractivity contribution in [2.24, 2.45) is 5.73 Å². The van der Waals surface area contributed by atoms with E-state index >= 15 is 0 Å². The molecule has 5 heteroatoms. The van der Waals surface area contributed by atoms with E-state index in [0.717, 1.165) is 16.5 Å². The number of hydrogen-bond donors (Lipinski definition) is 1. The molecule has 1 aliphatic heterocycles. The lowest BCUT2D eigenvalue weighted by atomic mass is 9.83. The Morgan fingerprint density at radius 3 is 2.67 bits per heavy atom. The van der Waals surface area contributed by atoms with Gasteiger partial charge in [0.1, 0.15) is 23.0 Å². The number of allylic oxidation sites excluding steroid dienone is 1. The number of aromatic nitrogens is 1. The molecule has 1 atom stereocenters. The number of ether oxygens (including phenoxy) is 1. The number of nitriles is 1. The first-order valence-corrected chi connectivity index (χ1v) is 7.39. The standard InChI is InChI=1S/C19H12FN3O/c20-13-6-3-11(4-7-13)16-14-8-5-12-2-1-9-23-17(12)18(14)24-19(22)15(16)10-21/h1-9,16H,22H2/t16-/m0/s1. The van der Waals surface area contributed by atoms with Crippen molar-refractivity contribution < 1.29 is 9.13 Å². The lowest BCUT2D eigenvalue weighted by Crippen LogP contribution is -2.21. The van der Waals surface area contributed by atoms with E-state index in [1.165, 1.54) is 12.1 Å². The van der Waals surface area contributed by atoms with Crippen molar-refractivity contribution >= 4 is 10.9 Å². The summed E-state index contributed by atoms with van der Waals surface area (Å²) in [6, 6.07) is 15.8. The SMILES string of the molecule is N#CC1=C(N)Oc2c(ccc3cccnc23)[C@@H]1c1ccc(F)cc1. The Labute approximate surface area is 137 Å². The molecule has 0 unspecified atom stereocenters. The maximum atomic E-state index is 13.3. The number of rotatable bonds is 1. The van der Waals surface area contributed by atoms with Crippen LogP contribution in [0.5, 0.6) is 5.75 Å². The molecule has 1 aromatic heterocycles. The van der Waals surface area contributed by atoms with Gasteiger partial charge < -0.3 is 10.5 Å². The van der Waals surface area contributed by atoms with Crippen molar-refractivity contribution in [3.63, 3.8) is 0 Å². The Bertz CT molecular complexity index is 1020. The highest BCUT2D eigenvalue weighted by Gasteiger charge is 2.31. The molecule has 116 valence electrons. The molecule has 24 heavy (non-hydrogen) atoms. The average molecular weight is 317 g/mol. The fourth-order valence-electron chi connectivity index (χ4n) is 3.05. The summed E-state index contributed by atoms with van der Waals surface area (Å²) in [6.07, 6.45) is 1.68. The molecule has 0 aliphatic carbocycles. The van der Waals surface area contributed by atoms with Gasteiger partial charge in [0.2, 0.25) is 5.88 Å². The minimum atomic E-state index is -0.411. The molecule has 2 aromatic carbocycles. The Morgan fingerprint density at radius 1 is 1.12 bits per heavy atom. The van der Waals surface area contributed by atoms with Crippen LogP contribution in [0.2, 0.25) is 0 Å². The van der Waals surface area contributed by atoms with Crippen LogP contribution < -0.4 is 10.5 Å². The molecule has 4 nitrogen and oxygen atoms in total. The molecule has 0 saturated carbocycles. The third kappa shape index (κ3) is 2.09. The molecule has 2 heterocycles. The van der Waals surface area contributed by atoms with Crippen LogP contribution in [0, 0.1) is 17.1 Å².